The molecule has 100 valence electrons. The van der Waals surface area contributed by atoms with Crippen LogP contribution in [0, 0.1) is 10.8 Å². The van der Waals surface area contributed by atoms with Crippen LogP contribution in [0.1, 0.15) is 46.0 Å². The second kappa shape index (κ2) is 4.39. The molecule has 0 aromatic rings. The van der Waals surface area contributed by atoms with Gasteiger partial charge < -0.3 is 4.74 Å². The molecule has 0 N–H and O–H groups in total. The van der Waals surface area contributed by atoms with E-state index in [4.69, 9.17) is 15.4 Å². The number of hydrogen-bond acceptors (Lipinski definition) is 3. The molecule has 2 unspecified atom stereocenters. The van der Waals surface area contributed by atoms with Gasteiger partial charge in [-0.3, -0.25) is 0 Å². The standard InChI is InChI=1S/C12H21ClO3S/c1-11(2)4-3-5-12(9-11)6-7-16-10(12)8-17(13,14)15/h10H,3-9H2,1-2H3. The molecule has 0 aromatic heterocycles. The molecule has 1 spiro atoms. The summed E-state index contributed by atoms with van der Waals surface area (Å²) in [5.74, 6) is -0.0371. The van der Waals surface area contributed by atoms with Gasteiger partial charge in [0, 0.05) is 22.7 Å². The van der Waals surface area contributed by atoms with Gasteiger partial charge in [0.25, 0.3) is 0 Å². The van der Waals surface area contributed by atoms with Gasteiger partial charge in [-0.1, -0.05) is 20.3 Å². The van der Waals surface area contributed by atoms with Crippen molar-refractivity contribution in [1.29, 1.82) is 0 Å². The van der Waals surface area contributed by atoms with Crippen molar-refractivity contribution in [2.45, 2.75) is 52.1 Å². The number of hydrogen-bond donors (Lipinski definition) is 0. The fraction of sp³-hybridized carbons (Fsp3) is 1.00. The SMILES string of the molecule is CC1(C)CCCC2(CCOC2CS(=O)(=O)Cl)C1. The molecule has 5 heteroatoms. The minimum absolute atomic E-state index is 0.0371. The Bertz CT molecular complexity index is 391. The molecule has 0 bridgehead atoms. The lowest BCUT2D eigenvalue weighted by molar-refractivity contribution is 0.00815. The molecule has 2 fully saturated rings. The first-order valence-corrected chi connectivity index (χ1v) is 8.74. The molecule has 0 aromatic carbocycles. The largest absolute Gasteiger partial charge is 0.377 e. The van der Waals surface area contributed by atoms with Crippen molar-refractivity contribution >= 4 is 19.7 Å². The van der Waals surface area contributed by atoms with E-state index in [9.17, 15) is 8.42 Å². The van der Waals surface area contributed by atoms with E-state index in [1.54, 1.807) is 0 Å². The van der Waals surface area contributed by atoms with E-state index in [2.05, 4.69) is 13.8 Å². The topological polar surface area (TPSA) is 43.4 Å². The Kier molecular flexibility index (Phi) is 3.52. The molecular weight excluding hydrogens is 260 g/mol. The summed E-state index contributed by atoms with van der Waals surface area (Å²) in [4.78, 5) is 0. The molecule has 1 aliphatic heterocycles. The van der Waals surface area contributed by atoms with Crippen LogP contribution in [0.3, 0.4) is 0 Å². The predicted octanol–water partition coefficient (Wildman–Crippen LogP) is 2.93. The lowest BCUT2D eigenvalue weighted by atomic mass is 9.61. The molecule has 2 aliphatic rings. The lowest BCUT2D eigenvalue weighted by Gasteiger charge is -2.45. The van der Waals surface area contributed by atoms with Crippen molar-refractivity contribution < 1.29 is 13.2 Å². The number of halogens is 1. The van der Waals surface area contributed by atoms with E-state index >= 15 is 0 Å². The molecule has 1 heterocycles. The van der Waals surface area contributed by atoms with Crippen LogP contribution in [0.5, 0.6) is 0 Å². The Hall–Kier alpha value is 0.200. The molecule has 0 amide bonds. The zero-order valence-corrected chi connectivity index (χ0v) is 12.1. The van der Waals surface area contributed by atoms with Gasteiger partial charge in [-0.05, 0) is 31.1 Å². The van der Waals surface area contributed by atoms with E-state index in [0.717, 1.165) is 25.7 Å². The molecule has 2 rings (SSSR count). The highest BCUT2D eigenvalue weighted by molar-refractivity contribution is 8.13. The van der Waals surface area contributed by atoms with Crippen LogP contribution >= 0.6 is 10.7 Å². The van der Waals surface area contributed by atoms with Crippen LogP contribution in [-0.4, -0.2) is 26.9 Å². The minimum Gasteiger partial charge on any atom is -0.377 e. The third kappa shape index (κ3) is 3.15. The Morgan fingerprint density at radius 1 is 1.29 bits per heavy atom. The van der Waals surface area contributed by atoms with E-state index in [1.165, 1.54) is 6.42 Å². The highest BCUT2D eigenvalue weighted by Crippen LogP contribution is 2.53. The lowest BCUT2D eigenvalue weighted by Crippen LogP contribution is -2.42. The predicted molar refractivity (Wildman–Crippen MR) is 68.7 cm³/mol. The zero-order chi connectivity index (χ0) is 12.7. The monoisotopic (exact) mass is 280 g/mol. The van der Waals surface area contributed by atoms with E-state index in [-0.39, 0.29) is 17.3 Å². The molecule has 0 radical (unpaired) electrons. The summed E-state index contributed by atoms with van der Waals surface area (Å²) in [6, 6.07) is 0. The maximum atomic E-state index is 11.3. The van der Waals surface area contributed by atoms with Crippen LogP contribution in [0.4, 0.5) is 0 Å². The van der Waals surface area contributed by atoms with Crippen molar-refractivity contribution in [1.82, 2.24) is 0 Å². The Morgan fingerprint density at radius 3 is 2.59 bits per heavy atom. The first kappa shape index (κ1) is 13.6. The molecule has 17 heavy (non-hydrogen) atoms. The number of ether oxygens (including phenoxy) is 1. The molecular formula is C12H21ClO3S. The van der Waals surface area contributed by atoms with Crippen molar-refractivity contribution in [3.8, 4) is 0 Å². The van der Waals surface area contributed by atoms with Gasteiger partial charge in [-0.2, -0.15) is 0 Å². The molecule has 1 saturated carbocycles. The summed E-state index contributed by atoms with van der Waals surface area (Å²) in [6.07, 6.45) is 5.28. The maximum Gasteiger partial charge on any atom is 0.235 e. The van der Waals surface area contributed by atoms with Gasteiger partial charge in [-0.25, -0.2) is 8.42 Å². The average Bonchev–Trinajstić information content (AvgIpc) is 2.44. The average molecular weight is 281 g/mol. The maximum absolute atomic E-state index is 11.3. The van der Waals surface area contributed by atoms with Crippen molar-refractivity contribution in [2.24, 2.45) is 10.8 Å². The second-order valence-corrected chi connectivity index (χ2v) is 9.19. The molecule has 2 atom stereocenters. The fourth-order valence-corrected chi connectivity index (χ4v) is 4.84. The molecule has 1 aliphatic carbocycles. The van der Waals surface area contributed by atoms with E-state index in [0.29, 0.717) is 12.0 Å². The van der Waals surface area contributed by atoms with Crippen molar-refractivity contribution in [2.75, 3.05) is 12.4 Å². The van der Waals surface area contributed by atoms with Gasteiger partial charge in [0.1, 0.15) is 0 Å². The Balaban J connectivity index is 2.17. The number of rotatable bonds is 2. The van der Waals surface area contributed by atoms with Crippen LogP contribution in [-0.2, 0) is 13.8 Å². The summed E-state index contributed by atoms with van der Waals surface area (Å²) in [5, 5.41) is 0. The van der Waals surface area contributed by atoms with Gasteiger partial charge >= 0.3 is 0 Å². The highest BCUT2D eigenvalue weighted by atomic mass is 35.7. The summed E-state index contributed by atoms with van der Waals surface area (Å²) in [5.41, 5.74) is 0.337. The zero-order valence-electron chi connectivity index (χ0n) is 10.5. The first-order valence-electron chi connectivity index (χ1n) is 6.27. The summed E-state index contributed by atoms with van der Waals surface area (Å²) in [6.45, 7) is 5.20. The van der Waals surface area contributed by atoms with Gasteiger partial charge in [-0.15, -0.1) is 0 Å². The van der Waals surface area contributed by atoms with Crippen LogP contribution in [0.25, 0.3) is 0 Å². The Labute approximate surface area is 108 Å². The highest BCUT2D eigenvalue weighted by Gasteiger charge is 2.49. The summed E-state index contributed by atoms with van der Waals surface area (Å²) in [7, 11) is 1.91. The van der Waals surface area contributed by atoms with Crippen LogP contribution in [0.2, 0.25) is 0 Å². The van der Waals surface area contributed by atoms with Gasteiger partial charge in [0.05, 0.1) is 11.9 Å². The van der Waals surface area contributed by atoms with Crippen molar-refractivity contribution in [3.63, 3.8) is 0 Å². The van der Waals surface area contributed by atoms with E-state index in [1.807, 2.05) is 0 Å². The summed E-state index contributed by atoms with van der Waals surface area (Å²) < 4.78 is 28.2. The first-order chi connectivity index (χ1) is 7.73. The van der Waals surface area contributed by atoms with Crippen molar-refractivity contribution in [3.05, 3.63) is 0 Å². The van der Waals surface area contributed by atoms with Gasteiger partial charge in [0.2, 0.25) is 9.05 Å². The van der Waals surface area contributed by atoms with E-state index < -0.39 is 9.05 Å². The smallest absolute Gasteiger partial charge is 0.235 e. The Morgan fingerprint density at radius 2 is 2.00 bits per heavy atom. The molecule has 1 saturated heterocycles. The quantitative estimate of drug-likeness (QED) is 0.731. The fourth-order valence-electron chi connectivity index (χ4n) is 3.68. The normalized spacial score (nSPS) is 37.5. The second-order valence-electron chi connectivity index (χ2n) is 6.37. The third-order valence-corrected chi connectivity index (χ3v) is 5.39. The van der Waals surface area contributed by atoms with Gasteiger partial charge in [0.15, 0.2) is 0 Å². The van der Waals surface area contributed by atoms with Crippen LogP contribution in [0.15, 0.2) is 0 Å². The summed E-state index contributed by atoms with van der Waals surface area (Å²) >= 11 is 0. The third-order valence-electron chi connectivity index (χ3n) is 4.31. The molecule has 3 nitrogen and oxygen atoms in total. The minimum atomic E-state index is -3.47. The van der Waals surface area contributed by atoms with Crippen LogP contribution < -0.4 is 0 Å².